The highest BCUT2D eigenvalue weighted by Gasteiger charge is 2.45. The van der Waals surface area contributed by atoms with Crippen LogP contribution < -0.4 is 4.74 Å². The first-order valence-corrected chi connectivity index (χ1v) is 10.7. The quantitative estimate of drug-likeness (QED) is 0.723. The molecule has 0 spiro atoms. The van der Waals surface area contributed by atoms with Crippen molar-refractivity contribution in [2.45, 2.75) is 57.7 Å². The van der Waals surface area contributed by atoms with Crippen molar-refractivity contribution in [3.05, 3.63) is 65.2 Å². The van der Waals surface area contributed by atoms with E-state index in [4.69, 9.17) is 4.74 Å². The second-order valence-electron chi connectivity index (χ2n) is 9.33. The molecule has 1 saturated carbocycles. The first-order valence-electron chi connectivity index (χ1n) is 10.7. The second-order valence-corrected chi connectivity index (χ2v) is 9.33. The fourth-order valence-electron chi connectivity index (χ4n) is 4.20. The summed E-state index contributed by atoms with van der Waals surface area (Å²) in [6.45, 7) is 7.98. The fraction of sp³-hybridized carbons (Fsp3) is 0.480. The van der Waals surface area contributed by atoms with Crippen molar-refractivity contribution in [1.29, 1.82) is 0 Å². The SMILES string of the molecule is COc1ccc(CCN2C(=O)CN(C3CC3)C2c2ccc(C(C)(C)C)cc2)cc1. The Morgan fingerprint density at radius 1 is 1.00 bits per heavy atom. The largest absolute Gasteiger partial charge is 0.497 e. The number of nitrogens with zero attached hydrogens (tertiary/aromatic N) is 2. The molecule has 1 aliphatic carbocycles. The number of amides is 1. The van der Waals surface area contributed by atoms with Crippen molar-refractivity contribution in [1.82, 2.24) is 9.80 Å². The molecular formula is C25H32N2O2. The summed E-state index contributed by atoms with van der Waals surface area (Å²) in [6.07, 6.45) is 3.32. The minimum absolute atomic E-state index is 0.0577. The van der Waals surface area contributed by atoms with Crippen LogP contribution in [0.25, 0.3) is 0 Å². The molecule has 1 heterocycles. The Kier molecular flexibility index (Phi) is 5.39. The summed E-state index contributed by atoms with van der Waals surface area (Å²) in [4.78, 5) is 17.4. The molecule has 4 heteroatoms. The van der Waals surface area contributed by atoms with Gasteiger partial charge in [0.05, 0.1) is 13.7 Å². The Balaban J connectivity index is 1.54. The molecule has 2 aromatic carbocycles. The van der Waals surface area contributed by atoms with Crippen molar-refractivity contribution in [3.63, 3.8) is 0 Å². The Bertz CT molecular complexity index is 848. The van der Waals surface area contributed by atoms with E-state index < -0.39 is 0 Å². The van der Waals surface area contributed by atoms with E-state index in [1.807, 2.05) is 12.1 Å². The van der Waals surface area contributed by atoms with Gasteiger partial charge in [-0.2, -0.15) is 0 Å². The molecular weight excluding hydrogens is 360 g/mol. The lowest BCUT2D eigenvalue weighted by molar-refractivity contribution is -0.128. The first-order chi connectivity index (χ1) is 13.9. The molecule has 2 aromatic rings. The van der Waals surface area contributed by atoms with Crippen LogP contribution in [0.3, 0.4) is 0 Å². The summed E-state index contributed by atoms with van der Waals surface area (Å²) in [6, 6.07) is 17.6. The molecule has 29 heavy (non-hydrogen) atoms. The minimum atomic E-state index is 0.0577. The summed E-state index contributed by atoms with van der Waals surface area (Å²) in [5.74, 6) is 1.11. The first kappa shape index (κ1) is 20.0. The number of hydrogen-bond donors (Lipinski definition) is 0. The molecule has 1 saturated heterocycles. The zero-order valence-corrected chi connectivity index (χ0v) is 18.0. The molecule has 1 atom stereocenters. The van der Waals surface area contributed by atoms with Gasteiger partial charge >= 0.3 is 0 Å². The maximum Gasteiger partial charge on any atom is 0.238 e. The van der Waals surface area contributed by atoms with Crippen LogP contribution in [0.5, 0.6) is 5.75 Å². The maximum absolute atomic E-state index is 12.9. The summed E-state index contributed by atoms with van der Waals surface area (Å²) >= 11 is 0. The predicted molar refractivity (Wildman–Crippen MR) is 116 cm³/mol. The van der Waals surface area contributed by atoms with Gasteiger partial charge in [-0.15, -0.1) is 0 Å². The van der Waals surface area contributed by atoms with E-state index in [1.54, 1.807) is 7.11 Å². The predicted octanol–water partition coefficient (Wildman–Crippen LogP) is 4.54. The molecule has 1 amide bonds. The van der Waals surface area contributed by atoms with Crippen molar-refractivity contribution in [3.8, 4) is 5.75 Å². The van der Waals surface area contributed by atoms with E-state index in [0.29, 0.717) is 12.6 Å². The van der Waals surface area contributed by atoms with Gasteiger partial charge in [-0.25, -0.2) is 0 Å². The highest BCUT2D eigenvalue weighted by atomic mass is 16.5. The normalized spacial score (nSPS) is 20.3. The van der Waals surface area contributed by atoms with Crippen molar-refractivity contribution < 1.29 is 9.53 Å². The third-order valence-corrected chi connectivity index (χ3v) is 6.14. The zero-order chi connectivity index (χ0) is 20.6. The van der Waals surface area contributed by atoms with Gasteiger partial charge < -0.3 is 9.64 Å². The monoisotopic (exact) mass is 392 g/mol. The van der Waals surface area contributed by atoms with Crippen LogP contribution in [0, 0.1) is 0 Å². The van der Waals surface area contributed by atoms with Crippen LogP contribution in [-0.4, -0.2) is 41.9 Å². The topological polar surface area (TPSA) is 32.8 Å². The number of methoxy groups -OCH3 is 1. The number of carbonyl (C=O) groups excluding carboxylic acids is 1. The Hall–Kier alpha value is -2.33. The van der Waals surface area contributed by atoms with Crippen LogP contribution in [0.4, 0.5) is 0 Å². The van der Waals surface area contributed by atoms with Gasteiger partial charge in [-0.05, 0) is 53.5 Å². The molecule has 2 aliphatic rings. The minimum Gasteiger partial charge on any atom is -0.497 e. The van der Waals surface area contributed by atoms with E-state index in [9.17, 15) is 4.79 Å². The lowest BCUT2D eigenvalue weighted by Gasteiger charge is -2.31. The van der Waals surface area contributed by atoms with E-state index in [2.05, 4.69) is 67.0 Å². The highest BCUT2D eigenvalue weighted by Crippen LogP contribution is 2.40. The van der Waals surface area contributed by atoms with Crippen LogP contribution in [0.15, 0.2) is 48.5 Å². The Labute approximate surface area is 174 Å². The van der Waals surface area contributed by atoms with E-state index in [0.717, 1.165) is 18.7 Å². The van der Waals surface area contributed by atoms with Gasteiger partial charge in [-0.3, -0.25) is 9.69 Å². The van der Waals surface area contributed by atoms with Crippen LogP contribution in [0.1, 0.15) is 56.5 Å². The number of benzene rings is 2. The Morgan fingerprint density at radius 2 is 1.66 bits per heavy atom. The number of hydrogen-bond acceptors (Lipinski definition) is 3. The van der Waals surface area contributed by atoms with Crippen LogP contribution in [-0.2, 0) is 16.6 Å². The maximum atomic E-state index is 12.9. The van der Waals surface area contributed by atoms with Gasteiger partial charge in [0.1, 0.15) is 11.9 Å². The van der Waals surface area contributed by atoms with Crippen LogP contribution >= 0.6 is 0 Å². The lowest BCUT2D eigenvalue weighted by atomic mass is 9.86. The van der Waals surface area contributed by atoms with Gasteiger partial charge in [0.25, 0.3) is 0 Å². The molecule has 1 unspecified atom stereocenters. The average Bonchev–Trinajstić information content (AvgIpc) is 3.50. The molecule has 0 radical (unpaired) electrons. The Morgan fingerprint density at radius 3 is 2.21 bits per heavy atom. The third kappa shape index (κ3) is 4.32. The molecule has 154 valence electrons. The molecule has 2 fully saturated rings. The highest BCUT2D eigenvalue weighted by molar-refractivity contribution is 5.81. The zero-order valence-electron chi connectivity index (χ0n) is 18.0. The number of ether oxygens (including phenoxy) is 1. The molecule has 0 bridgehead atoms. The summed E-state index contributed by atoms with van der Waals surface area (Å²) in [5.41, 5.74) is 3.91. The van der Waals surface area contributed by atoms with Crippen LogP contribution in [0.2, 0.25) is 0 Å². The lowest BCUT2D eigenvalue weighted by Crippen LogP contribution is -2.34. The van der Waals surface area contributed by atoms with Gasteiger partial charge in [0, 0.05) is 12.6 Å². The third-order valence-electron chi connectivity index (χ3n) is 6.14. The average molecular weight is 393 g/mol. The van der Waals surface area contributed by atoms with E-state index in [-0.39, 0.29) is 17.5 Å². The van der Waals surface area contributed by atoms with Crippen molar-refractivity contribution >= 4 is 5.91 Å². The summed E-state index contributed by atoms with van der Waals surface area (Å²) in [7, 11) is 1.68. The molecule has 4 rings (SSSR count). The van der Waals surface area contributed by atoms with E-state index >= 15 is 0 Å². The summed E-state index contributed by atoms with van der Waals surface area (Å²) in [5, 5.41) is 0. The summed E-state index contributed by atoms with van der Waals surface area (Å²) < 4.78 is 5.25. The van der Waals surface area contributed by atoms with E-state index in [1.165, 1.54) is 29.5 Å². The fourth-order valence-corrected chi connectivity index (χ4v) is 4.20. The molecule has 1 aliphatic heterocycles. The van der Waals surface area contributed by atoms with Gasteiger partial charge in [0.15, 0.2) is 0 Å². The smallest absolute Gasteiger partial charge is 0.238 e. The number of rotatable bonds is 6. The van der Waals surface area contributed by atoms with Gasteiger partial charge in [0.2, 0.25) is 5.91 Å². The number of carbonyl (C=O) groups is 1. The molecule has 4 nitrogen and oxygen atoms in total. The van der Waals surface area contributed by atoms with Crippen molar-refractivity contribution in [2.24, 2.45) is 0 Å². The molecule has 0 N–H and O–H groups in total. The molecule has 0 aromatic heterocycles. The second kappa shape index (κ2) is 7.83. The van der Waals surface area contributed by atoms with Gasteiger partial charge in [-0.1, -0.05) is 57.2 Å². The standard InChI is InChI=1S/C25H32N2O2/c1-25(2,3)20-9-7-19(8-10-20)24-26(23(28)17-27(24)21-11-12-21)16-15-18-5-13-22(29-4)14-6-18/h5-10,13-14,21,24H,11-12,15-17H2,1-4H3. The van der Waals surface area contributed by atoms with Crippen molar-refractivity contribution in [2.75, 3.05) is 20.2 Å².